The molecule has 282 valence electrons. The van der Waals surface area contributed by atoms with Gasteiger partial charge in [0.2, 0.25) is 0 Å². The lowest BCUT2D eigenvalue weighted by Crippen LogP contribution is -2.12. The Kier molecular flexibility index (Phi) is 9.01. The Morgan fingerprint density at radius 1 is 0.339 bits per heavy atom. The van der Waals surface area contributed by atoms with Crippen molar-refractivity contribution in [2.45, 2.75) is 38.0 Å². The molecule has 10 aromatic rings. The Hall–Kier alpha value is -6.96. The predicted octanol–water partition coefficient (Wildman–Crippen LogP) is 16.8. The molecule has 0 heterocycles. The number of para-hydroxylation sites is 2. The number of benzene rings is 10. The molecule has 0 amide bonds. The number of hydrogen-bond donors (Lipinski definition) is 0. The molecule has 1 heteroatoms. The van der Waals surface area contributed by atoms with Crippen molar-refractivity contribution >= 4 is 60.2 Å². The predicted molar refractivity (Wildman–Crippen MR) is 253 cm³/mol. The Bertz CT molecular complexity index is 3140. The van der Waals surface area contributed by atoms with Crippen LogP contribution in [0.5, 0.6) is 0 Å². The molecule has 0 unspecified atom stereocenters. The minimum absolute atomic E-state index is 0.586. The molecule has 10 aromatic carbocycles. The second kappa shape index (κ2) is 15.1. The molecule has 0 spiro atoms. The fourth-order valence-corrected chi connectivity index (χ4v) is 10.00. The highest BCUT2D eigenvalue weighted by molar-refractivity contribution is 6.13. The van der Waals surface area contributed by atoms with E-state index < -0.39 is 0 Å². The lowest BCUT2D eigenvalue weighted by Gasteiger charge is -2.31. The van der Waals surface area contributed by atoms with Gasteiger partial charge >= 0.3 is 0 Å². The SMILES string of the molecule is c1ccc(N(c2ccc(-c3ccc4ccccc4c3)cc2)c2ccccc2-c2cccc3cccc(C4CCCCC4)c23)c(-c2cccc3c2ccc2ccccc23)c1. The van der Waals surface area contributed by atoms with E-state index in [-0.39, 0.29) is 0 Å². The van der Waals surface area contributed by atoms with E-state index in [1.807, 2.05) is 0 Å². The number of nitrogens with zero attached hydrogens (tertiary/aromatic N) is 1. The maximum absolute atomic E-state index is 2.51. The van der Waals surface area contributed by atoms with Crippen molar-refractivity contribution in [1.82, 2.24) is 0 Å². The van der Waals surface area contributed by atoms with E-state index in [4.69, 9.17) is 0 Å². The van der Waals surface area contributed by atoms with Gasteiger partial charge in [0.1, 0.15) is 0 Å². The number of fused-ring (bicyclic) bond motifs is 5. The Balaban J connectivity index is 1.13. The van der Waals surface area contributed by atoms with E-state index in [1.165, 1.54) is 114 Å². The van der Waals surface area contributed by atoms with E-state index in [1.54, 1.807) is 0 Å². The average molecular weight is 756 g/mol. The van der Waals surface area contributed by atoms with Crippen molar-refractivity contribution in [2.24, 2.45) is 0 Å². The van der Waals surface area contributed by atoms with Gasteiger partial charge in [-0.2, -0.15) is 0 Å². The lowest BCUT2D eigenvalue weighted by molar-refractivity contribution is 0.445. The lowest BCUT2D eigenvalue weighted by atomic mass is 9.80. The quantitative estimate of drug-likeness (QED) is 0.146. The van der Waals surface area contributed by atoms with Gasteiger partial charge in [-0.25, -0.2) is 0 Å². The van der Waals surface area contributed by atoms with Crippen molar-refractivity contribution in [2.75, 3.05) is 4.90 Å². The van der Waals surface area contributed by atoms with Gasteiger partial charge in [-0.1, -0.05) is 195 Å². The van der Waals surface area contributed by atoms with E-state index >= 15 is 0 Å². The first-order valence-corrected chi connectivity index (χ1v) is 21.3. The molecule has 1 nitrogen and oxygen atoms in total. The molecule has 0 bridgehead atoms. The van der Waals surface area contributed by atoms with Crippen molar-refractivity contribution in [3.63, 3.8) is 0 Å². The smallest absolute Gasteiger partial charge is 0.0540 e. The molecule has 59 heavy (non-hydrogen) atoms. The van der Waals surface area contributed by atoms with E-state index in [0.717, 1.165) is 17.1 Å². The monoisotopic (exact) mass is 755 g/mol. The van der Waals surface area contributed by atoms with Crippen molar-refractivity contribution in [1.29, 1.82) is 0 Å². The van der Waals surface area contributed by atoms with Crippen LogP contribution in [0, 0.1) is 0 Å². The zero-order valence-corrected chi connectivity index (χ0v) is 33.2. The Morgan fingerprint density at radius 3 is 1.69 bits per heavy atom. The molecular formula is C58H45N. The first-order chi connectivity index (χ1) is 29.3. The zero-order valence-electron chi connectivity index (χ0n) is 33.2. The fourth-order valence-electron chi connectivity index (χ4n) is 10.00. The summed E-state index contributed by atoms with van der Waals surface area (Å²) in [5, 5.41) is 10.3. The molecular weight excluding hydrogens is 711 g/mol. The van der Waals surface area contributed by atoms with Crippen LogP contribution in [-0.4, -0.2) is 0 Å². The number of rotatable bonds is 7. The summed E-state index contributed by atoms with van der Waals surface area (Å²) in [7, 11) is 0. The second-order valence-corrected chi connectivity index (χ2v) is 16.3. The Morgan fingerprint density at radius 2 is 0.898 bits per heavy atom. The minimum Gasteiger partial charge on any atom is -0.309 e. The third-order valence-corrected chi connectivity index (χ3v) is 12.8. The summed E-state index contributed by atoms with van der Waals surface area (Å²) in [6.45, 7) is 0. The molecule has 0 saturated heterocycles. The summed E-state index contributed by atoms with van der Waals surface area (Å²) in [6, 6.07) is 76.7. The van der Waals surface area contributed by atoms with Crippen LogP contribution in [0.4, 0.5) is 17.1 Å². The van der Waals surface area contributed by atoms with E-state index in [2.05, 4.69) is 211 Å². The van der Waals surface area contributed by atoms with Crippen molar-refractivity contribution in [3.8, 4) is 33.4 Å². The third-order valence-electron chi connectivity index (χ3n) is 12.8. The van der Waals surface area contributed by atoms with Gasteiger partial charge in [-0.15, -0.1) is 0 Å². The molecule has 1 fully saturated rings. The molecule has 1 aliphatic carbocycles. The summed E-state index contributed by atoms with van der Waals surface area (Å²) < 4.78 is 0. The average Bonchev–Trinajstić information content (AvgIpc) is 3.32. The maximum atomic E-state index is 2.51. The van der Waals surface area contributed by atoms with Crippen LogP contribution in [0.1, 0.15) is 43.6 Å². The first kappa shape index (κ1) is 35.2. The van der Waals surface area contributed by atoms with Gasteiger partial charge in [-0.3, -0.25) is 0 Å². The molecule has 1 saturated carbocycles. The molecule has 1 aliphatic rings. The van der Waals surface area contributed by atoms with E-state index in [9.17, 15) is 0 Å². The van der Waals surface area contributed by atoms with Crippen LogP contribution in [0.25, 0.3) is 76.5 Å². The minimum atomic E-state index is 0.586. The van der Waals surface area contributed by atoms with Gasteiger partial charge in [0.05, 0.1) is 11.4 Å². The molecule has 0 aromatic heterocycles. The zero-order chi connectivity index (χ0) is 39.1. The highest BCUT2D eigenvalue weighted by Gasteiger charge is 2.24. The van der Waals surface area contributed by atoms with Gasteiger partial charge in [0.25, 0.3) is 0 Å². The summed E-state index contributed by atoms with van der Waals surface area (Å²) in [4.78, 5) is 2.51. The number of hydrogen-bond acceptors (Lipinski definition) is 1. The van der Waals surface area contributed by atoms with Gasteiger partial charge < -0.3 is 4.90 Å². The molecule has 0 aliphatic heterocycles. The van der Waals surface area contributed by atoms with Crippen LogP contribution < -0.4 is 4.90 Å². The highest BCUT2D eigenvalue weighted by Crippen LogP contribution is 2.48. The molecule has 11 rings (SSSR count). The second-order valence-electron chi connectivity index (χ2n) is 16.3. The van der Waals surface area contributed by atoms with Crippen LogP contribution in [0.3, 0.4) is 0 Å². The summed E-state index contributed by atoms with van der Waals surface area (Å²) >= 11 is 0. The van der Waals surface area contributed by atoms with Crippen LogP contribution in [-0.2, 0) is 0 Å². The summed E-state index contributed by atoms with van der Waals surface area (Å²) in [5.74, 6) is 0.586. The van der Waals surface area contributed by atoms with Crippen molar-refractivity contribution < 1.29 is 0 Å². The highest BCUT2D eigenvalue weighted by atomic mass is 15.1. The summed E-state index contributed by atoms with van der Waals surface area (Å²) in [6.07, 6.45) is 6.49. The van der Waals surface area contributed by atoms with Gasteiger partial charge in [0.15, 0.2) is 0 Å². The normalized spacial score (nSPS) is 13.4. The first-order valence-electron chi connectivity index (χ1n) is 21.3. The summed E-state index contributed by atoms with van der Waals surface area (Å²) in [5.41, 5.74) is 12.3. The Labute approximate surface area is 346 Å². The van der Waals surface area contributed by atoms with E-state index in [0.29, 0.717) is 5.92 Å². The largest absolute Gasteiger partial charge is 0.309 e. The molecule has 0 radical (unpaired) electrons. The van der Waals surface area contributed by atoms with Gasteiger partial charge in [-0.05, 0) is 120 Å². The molecule has 0 N–H and O–H groups in total. The van der Waals surface area contributed by atoms with Crippen LogP contribution >= 0.6 is 0 Å². The fraction of sp³-hybridized carbons (Fsp3) is 0.103. The molecule has 0 atom stereocenters. The maximum Gasteiger partial charge on any atom is 0.0540 e. The van der Waals surface area contributed by atoms with Gasteiger partial charge in [0, 0.05) is 16.8 Å². The van der Waals surface area contributed by atoms with Crippen LogP contribution in [0.15, 0.2) is 206 Å². The van der Waals surface area contributed by atoms with Crippen molar-refractivity contribution in [3.05, 3.63) is 212 Å². The standard InChI is InChI=1S/C58H45N/c1-2-16-42(17-3-1)49-25-12-20-44-21-13-28-55(58(44)49)54-24-9-11-30-57(54)59(47-36-33-41(34-37-47)46-32-31-40-15-4-5-19-45(40)39-46)56-29-10-8-23-53(56)51-27-14-26-50-48-22-7-6-18-43(48)35-38-52(50)51/h4-15,18-39,42H,1-3,16-17H2. The van der Waals surface area contributed by atoms with Crippen LogP contribution in [0.2, 0.25) is 0 Å². The third kappa shape index (κ3) is 6.35. The number of anilines is 3. The topological polar surface area (TPSA) is 3.24 Å².